The van der Waals surface area contributed by atoms with Gasteiger partial charge in [0, 0.05) is 25.4 Å². The monoisotopic (exact) mass is 274 g/mol. The van der Waals surface area contributed by atoms with E-state index in [-0.39, 0.29) is 5.97 Å². The van der Waals surface area contributed by atoms with Crippen molar-refractivity contribution in [2.45, 2.75) is 13.3 Å². The van der Waals surface area contributed by atoms with Crippen LogP contribution in [0.1, 0.15) is 23.0 Å². The minimum absolute atomic E-state index is 0.311. The molecule has 0 spiro atoms. The van der Waals surface area contributed by atoms with Crippen molar-refractivity contribution in [3.05, 3.63) is 47.8 Å². The Morgan fingerprint density at radius 3 is 2.60 bits per heavy atom. The minimum atomic E-state index is -0.311. The van der Waals surface area contributed by atoms with Crippen LogP contribution >= 0.6 is 0 Å². The van der Waals surface area contributed by atoms with Gasteiger partial charge in [0.15, 0.2) is 0 Å². The van der Waals surface area contributed by atoms with E-state index in [9.17, 15) is 4.79 Å². The standard InChI is InChI=1S/C15H18N2O3/c1-3-19-15(18)12-4-6-14(7-5-12)20-11-9-13-8-10-16-17(13)2/h4-8,10H,3,9,11H2,1-2H3. The van der Waals surface area contributed by atoms with Crippen LogP contribution in [0.25, 0.3) is 0 Å². The summed E-state index contributed by atoms with van der Waals surface area (Å²) in [6.45, 7) is 2.73. The minimum Gasteiger partial charge on any atom is -0.493 e. The van der Waals surface area contributed by atoms with Crippen molar-refractivity contribution in [2.75, 3.05) is 13.2 Å². The highest BCUT2D eigenvalue weighted by Crippen LogP contribution is 2.13. The Kier molecular flexibility index (Phi) is 4.76. The van der Waals surface area contributed by atoms with E-state index in [0.717, 1.165) is 17.9 Å². The fourth-order valence-electron chi connectivity index (χ4n) is 1.82. The predicted molar refractivity (Wildman–Crippen MR) is 74.8 cm³/mol. The van der Waals surface area contributed by atoms with Crippen LogP contribution in [0.15, 0.2) is 36.5 Å². The van der Waals surface area contributed by atoms with Gasteiger partial charge < -0.3 is 9.47 Å². The third kappa shape index (κ3) is 3.60. The Labute approximate surface area is 118 Å². The van der Waals surface area contributed by atoms with Crippen LogP contribution < -0.4 is 4.74 Å². The molecule has 0 fully saturated rings. The number of carbonyl (C=O) groups is 1. The molecule has 0 aliphatic rings. The maximum absolute atomic E-state index is 11.5. The molecule has 0 saturated carbocycles. The van der Waals surface area contributed by atoms with Crippen LogP contribution in [-0.4, -0.2) is 29.0 Å². The SMILES string of the molecule is CCOC(=O)c1ccc(OCCc2ccnn2C)cc1. The summed E-state index contributed by atoms with van der Waals surface area (Å²) in [5.41, 5.74) is 1.65. The highest BCUT2D eigenvalue weighted by Gasteiger charge is 2.06. The number of carbonyl (C=O) groups excluding carboxylic acids is 1. The molecule has 0 saturated heterocycles. The molecule has 0 bridgehead atoms. The molecular weight excluding hydrogens is 256 g/mol. The van der Waals surface area contributed by atoms with Gasteiger partial charge in [-0.2, -0.15) is 5.10 Å². The summed E-state index contributed by atoms with van der Waals surface area (Å²) < 4.78 is 12.4. The van der Waals surface area contributed by atoms with Crippen molar-refractivity contribution < 1.29 is 14.3 Å². The second-order valence-corrected chi connectivity index (χ2v) is 4.29. The van der Waals surface area contributed by atoms with Gasteiger partial charge in [-0.3, -0.25) is 4.68 Å². The number of aryl methyl sites for hydroxylation is 1. The topological polar surface area (TPSA) is 53.4 Å². The molecule has 0 aliphatic heterocycles. The smallest absolute Gasteiger partial charge is 0.338 e. The third-order valence-corrected chi connectivity index (χ3v) is 2.91. The van der Waals surface area contributed by atoms with Crippen molar-refractivity contribution in [3.63, 3.8) is 0 Å². The summed E-state index contributed by atoms with van der Waals surface area (Å²) in [4.78, 5) is 11.5. The van der Waals surface area contributed by atoms with E-state index in [1.54, 1.807) is 37.4 Å². The molecule has 0 atom stereocenters. The molecule has 1 heterocycles. The normalized spacial score (nSPS) is 10.3. The van der Waals surface area contributed by atoms with Gasteiger partial charge in [-0.25, -0.2) is 4.79 Å². The zero-order valence-corrected chi connectivity index (χ0v) is 11.7. The fourth-order valence-corrected chi connectivity index (χ4v) is 1.82. The molecule has 1 aromatic carbocycles. The first kappa shape index (κ1) is 14.1. The molecule has 0 unspecified atom stereocenters. The lowest BCUT2D eigenvalue weighted by Gasteiger charge is -2.07. The molecular formula is C15H18N2O3. The average molecular weight is 274 g/mol. The number of benzene rings is 1. The second kappa shape index (κ2) is 6.75. The highest BCUT2D eigenvalue weighted by molar-refractivity contribution is 5.89. The zero-order chi connectivity index (χ0) is 14.4. The lowest BCUT2D eigenvalue weighted by atomic mass is 10.2. The molecule has 1 aromatic heterocycles. The summed E-state index contributed by atoms with van der Waals surface area (Å²) in [6.07, 6.45) is 2.56. The van der Waals surface area contributed by atoms with Crippen molar-refractivity contribution in [2.24, 2.45) is 7.05 Å². The van der Waals surface area contributed by atoms with Crippen molar-refractivity contribution in [1.29, 1.82) is 0 Å². The van der Waals surface area contributed by atoms with E-state index < -0.39 is 0 Å². The zero-order valence-electron chi connectivity index (χ0n) is 11.7. The average Bonchev–Trinajstić information content (AvgIpc) is 2.85. The molecule has 0 amide bonds. The quantitative estimate of drug-likeness (QED) is 0.758. The Morgan fingerprint density at radius 1 is 1.25 bits per heavy atom. The number of hydrogen-bond acceptors (Lipinski definition) is 4. The Morgan fingerprint density at radius 2 is 2.00 bits per heavy atom. The van der Waals surface area contributed by atoms with E-state index in [4.69, 9.17) is 9.47 Å². The van der Waals surface area contributed by atoms with Gasteiger partial charge in [0.25, 0.3) is 0 Å². The molecule has 2 aromatic rings. The number of esters is 1. The van der Waals surface area contributed by atoms with E-state index >= 15 is 0 Å². The number of nitrogens with zero attached hydrogens (tertiary/aromatic N) is 2. The molecule has 106 valence electrons. The summed E-state index contributed by atoms with van der Waals surface area (Å²) in [5.74, 6) is 0.425. The Bertz CT molecular complexity index is 561. The van der Waals surface area contributed by atoms with Gasteiger partial charge in [-0.15, -0.1) is 0 Å². The lowest BCUT2D eigenvalue weighted by molar-refractivity contribution is 0.0526. The van der Waals surface area contributed by atoms with Gasteiger partial charge in [0.2, 0.25) is 0 Å². The number of ether oxygens (including phenoxy) is 2. The van der Waals surface area contributed by atoms with E-state index in [0.29, 0.717) is 18.8 Å². The summed E-state index contributed by atoms with van der Waals surface area (Å²) in [7, 11) is 1.91. The summed E-state index contributed by atoms with van der Waals surface area (Å²) in [6, 6.07) is 8.92. The van der Waals surface area contributed by atoms with Crippen LogP contribution in [0.3, 0.4) is 0 Å². The molecule has 2 rings (SSSR count). The molecule has 5 heteroatoms. The maximum atomic E-state index is 11.5. The van der Waals surface area contributed by atoms with E-state index in [1.807, 2.05) is 17.8 Å². The fraction of sp³-hybridized carbons (Fsp3) is 0.333. The van der Waals surface area contributed by atoms with Gasteiger partial charge in [0.1, 0.15) is 5.75 Å². The molecule has 0 radical (unpaired) electrons. The molecule has 5 nitrogen and oxygen atoms in total. The van der Waals surface area contributed by atoms with Crippen molar-refractivity contribution in [3.8, 4) is 5.75 Å². The Hall–Kier alpha value is -2.30. The first-order valence-electron chi connectivity index (χ1n) is 6.57. The predicted octanol–water partition coefficient (Wildman–Crippen LogP) is 2.22. The van der Waals surface area contributed by atoms with Gasteiger partial charge in [-0.05, 0) is 37.3 Å². The van der Waals surface area contributed by atoms with Crippen molar-refractivity contribution >= 4 is 5.97 Å². The first-order valence-corrected chi connectivity index (χ1v) is 6.57. The van der Waals surface area contributed by atoms with Crippen LogP contribution in [0.5, 0.6) is 5.75 Å². The first-order chi connectivity index (χ1) is 9.70. The second-order valence-electron chi connectivity index (χ2n) is 4.29. The number of hydrogen-bond donors (Lipinski definition) is 0. The van der Waals surface area contributed by atoms with Gasteiger partial charge >= 0.3 is 5.97 Å². The van der Waals surface area contributed by atoms with Gasteiger partial charge in [-0.1, -0.05) is 0 Å². The summed E-state index contributed by atoms with van der Waals surface area (Å²) in [5, 5.41) is 4.10. The number of rotatable bonds is 6. The van der Waals surface area contributed by atoms with E-state index in [2.05, 4.69) is 5.10 Å². The molecule has 0 aliphatic carbocycles. The largest absolute Gasteiger partial charge is 0.493 e. The van der Waals surface area contributed by atoms with E-state index in [1.165, 1.54) is 0 Å². The van der Waals surface area contributed by atoms with Crippen LogP contribution in [0, 0.1) is 0 Å². The number of aromatic nitrogens is 2. The van der Waals surface area contributed by atoms with Crippen LogP contribution in [0.4, 0.5) is 0 Å². The van der Waals surface area contributed by atoms with Crippen LogP contribution in [0.2, 0.25) is 0 Å². The lowest BCUT2D eigenvalue weighted by Crippen LogP contribution is -2.07. The van der Waals surface area contributed by atoms with Gasteiger partial charge in [0.05, 0.1) is 18.8 Å². The van der Waals surface area contributed by atoms with Crippen molar-refractivity contribution in [1.82, 2.24) is 9.78 Å². The van der Waals surface area contributed by atoms with Crippen LogP contribution in [-0.2, 0) is 18.2 Å². The molecule has 0 N–H and O–H groups in total. The third-order valence-electron chi connectivity index (χ3n) is 2.91. The maximum Gasteiger partial charge on any atom is 0.338 e. The summed E-state index contributed by atoms with van der Waals surface area (Å²) >= 11 is 0. The molecule has 20 heavy (non-hydrogen) atoms. The highest BCUT2D eigenvalue weighted by atomic mass is 16.5. The Balaban J connectivity index is 1.85.